The average molecular weight is 553 g/mol. The Hall–Kier alpha value is -2.87. The molecule has 38 heavy (non-hydrogen) atoms. The first-order valence-corrected chi connectivity index (χ1v) is 14.7. The van der Waals surface area contributed by atoms with Crippen LogP contribution in [0.3, 0.4) is 0 Å². The van der Waals surface area contributed by atoms with Crippen LogP contribution < -0.4 is 4.74 Å². The van der Waals surface area contributed by atoms with E-state index in [0.29, 0.717) is 12.8 Å². The van der Waals surface area contributed by atoms with Gasteiger partial charge in [-0.25, -0.2) is 8.42 Å². The molecule has 0 radical (unpaired) electrons. The minimum absolute atomic E-state index is 0.0248. The number of ketones is 1. The molecule has 3 aromatic rings. The second-order valence-corrected chi connectivity index (χ2v) is 12.2. The maximum Gasteiger partial charge on any atom is 0.150 e. The van der Waals surface area contributed by atoms with E-state index in [0.717, 1.165) is 17.1 Å². The van der Waals surface area contributed by atoms with Gasteiger partial charge in [-0.2, -0.15) is 0 Å². The lowest BCUT2D eigenvalue weighted by atomic mass is 9.70. The summed E-state index contributed by atoms with van der Waals surface area (Å²) < 4.78 is 37.6. The number of hydrogen-bond donors (Lipinski definition) is 0. The van der Waals surface area contributed by atoms with Gasteiger partial charge >= 0.3 is 0 Å². The molecule has 2 bridgehead atoms. The number of fused-ring (bicyclic) bond motifs is 2. The maximum atomic E-state index is 11.8. The SMILES string of the molecule is C(=Cc1ccccc1)c1ccccc1.CC1(C)C2CCC1(CS(=O)(=O)[O-])C(=O)C2.COc1ccc([SH2+])cc1. The first kappa shape index (κ1) is 29.7. The molecule has 7 heteroatoms. The van der Waals surface area contributed by atoms with Crippen LogP contribution in [-0.2, 0) is 27.5 Å². The number of Topliss-reactive ketones (excluding diaryl/α,β-unsaturated/α-hetero) is 1. The Morgan fingerprint density at radius 3 is 1.79 bits per heavy atom. The molecule has 3 aromatic carbocycles. The summed E-state index contributed by atoms with van der Waals surface area (Å²) in [6.07, 6.45) is 6.12. The zero-order valence-electron chi connectivity index (χ0n) is 22.1. The maximum absolute atomic E-state index is 11.8. The van der Waals surface area contributed by atoms with Gasteiger partial charge in [0.15, 0.2) is 4.90 Å². The van der Waals surface area contributed by atoms with Crippen molar-refractivity contribution < 1.29 is 22.5 Å². The number of ether oxygens (including phenoxy) is 1. The third-order valence-electron chi connectivity index (χ3n) is 7.72. The van der Waals surface area contributed by atoms with E-state index in [1.165, 1.54) is 11.1 Å². The highest BCUT2D eigenvalue weighted by Crippen LogP contribution is 2.64. The Labute approximate surface area is 232 Å². The summed E-state index contributed by atoms with van der Waals surface area (Å²) in [6, 6.07) is 28.3. The molecule has 2 saturated carbocycles. The van der Waals surface area contributed by atoms with E-state index in [1.807, 2.05) is 74.5 Å². The molecule has 5 nitrogen and oxygen atoms in total. The van der Waals surface area contributed by atoms with Crippen LogP contribution in [0.4, 0.5) is 0 Å². The molecule has 0 amide bonds. The van der Waals surface area contributed by atoms with Crippen LogP contribution in [0.1, 0.15) is 44.2 Å². The fourth-order valence-electron chi connectivity index (χ4n) is 5.32. The van der Waals surface area contributed by atoms with Gasteiger partial charge in [0.2, 0.25) is 0 Å². The number of hydrogen-bond acceptors (Lipinski definition) is 5. The largest absolute Gasteiger partial charge is 0.748 e. The minimum Gasteiger partial charge on any atom is -0.748 e. The van der Waals surface area contributed by atoms with Crippen LogP contribution in [0, 0.1) is 16.7 Å². The fraction of sp³-hybridized carbons (Fsp3) is 0.323. The van der Waals surface area contributed by atoms with Crippen molar-refractivity contribution >= 4 is 40.7 Å². The fourth-order valence-corrected chi connectivity index (χ4v) is 6.77. The number of carbonyl (C=O) groups excluding carboxylic acids is 1. The van der Waals surface area contributed by atoms with Gasteiger partial charge < -0.3 is 9.29 Å². The number of methoxy groups -OCH3 is 1. The summed E-state index contributed by atoms with van der Waals surface area (Å²) in [5, 5.41) is 0. The normalized spacial score (nSPS) is 21.3. The minimum atomic E-state index is -4.33. The summed E-state index contributed by atoms with van der Waals surface area (Å²) >= 11 is 3.37. The van der Waals surface area contributed by atoms with Crippen molar-refractivity contribution in [3.05, 3.63) is 96.1 Å². The molecule has 0 aliphatic heterocycles. The van der Waals surface area contributed by atoms with Crippen molar-refractivity contribution in [1.82, 2.24) is 0 Å². The van der Waals surface area contributed by atoms with E-state index in [4.69, 9.17) is 4.74 Å². The Kier molecular flexibility index (Phi) is 9.99. The van der Waals surface area contributed by atoms with Gasteiger partial charge in [0.25, 0.3) is 0 Å². The van der Waals surface area contributed by atoms with Gasteiger partial charge in [-0.15, -0.1) is 0 Å². The summed E-state index contributed by atoms with van der Waals surface area (Å²) in [5.74, 6) is 0.606. The third-order valence-corrected chi connectivity index (χ3v) is 8.90. The first-order valence-electron chi connectivity index (χ1n) is 12.6. The van der Waals surface area contributed by atoms with E-state index >= 15 is 0 Å². The van der Waals surface area contributed by atoms with Crippen molar-refractivity contribution in [2.45, 2.75) is 38.0 Å². The van der Waals surface area contributed by atoms with Crippen LogP contribution in [0.5, 0.6) is 5.75 Å². The molecule has 202 valence electrons. The van der Waals surface area contributed by atoms with E-state index < -0.39 is 21.3 Å². The summed E-state index contributed by atoms with van der Waals surface area (Å²) in [6.45, 7) is 3.83. The second kappa shape index (κ2) is 12.8. The average Bonchev–Trinajstić information content (AvgIpc) is 3.23. The van der Waals surface area contributed by atoms with Crippen molar-refractivity contribution in [2.24, 2.45) is 16.7 Å². The van der Waals surface area contributed by atoms with Gasteiger partial charge in [-0.05, 0) is 72.2 Å². The topological polar surface area (TPSA) is 83.5 Å². The zero-order chi connectivity index (χ0) is 27.8. The molecule has 0 spiro atoms. The molecular weight excluding hydrogens is 516 g/mol. The molecular formula is C31H36O5S2. The van der Waals surface area contributed by atoms with Crippen molar-refractivity contribution in [3.63, 3.8) is 0 Å². The number of benzene rings is 3. The lowest BCUT2D eigenvalue weighted by Gasteiger charge is -2.37. The number of carbonyl (C=O) groups is 1. The zero-order valence-corrected chi connectivity index (χ0v) is 23.9. The highest BCUT2D eigenvalue weighted by molar-refractivity contribution is 7.85. The van der Waals surface area contributed by atoms with Crippen LogP contribution in [0.15, 0.2) is 89.8 Å². The van der Waals surface area contributed by atoms with Crippen LogP contribution >= 0.6 is 0 Å². The van der Waals surface area contributed by atoms with Crippen molar-refractivity contribution in [1.29, 1.82) is 0 Å². The van der Waals surface area contributed by atoms with Gasteiger partial charge in [0.1, 0.15) is 11.5 Å². The highest BCUT2D eigenvalue weighted by atomic mass is 32.2. The Morgan fingerprint density at radius 1 is 0.921 bits per heavy atom. The van der Waals surface area contributed by atoms with Crippen LogP contribution in [0.25, 0.3) is 12.2 Å². The second-order valence-electron chi connectivity index (χ2n) is 10.3. The summed E-state index contributed by atoms with van der Waals surface area (Å²) in [5.41, 5.74) is 1.24. The quantitative estimate of drug-likeness (QED) is 0.225. The van der Waals surface area contributed by atoms with Gasteiger partial charge in [-0.3, -0.25) is 4.79 Å². The molecule has 5 rings (SSSR count). The van der Waals surface area contributed by atoms with E-state index in [2.05, 4.69) is 49.0 Å². The third kappa shape index (κ3) is 7.59. The lowest BCUT2D eigenvalue weighted by Crippen LogP contribution is -2.42. The van der Waals surface area contributed by atoms with E-state index in [-0.39, 0.29) is 17.1 Å². The van der Waals surface area contributed by atoms with Gasteiger partial charge in [0.05, 0.1) is 23.0 Å². The Morgan fingerprint density at radius 2 is 1.42 bits per heavy atom. The van der Waals surface area contributed by atoms with E-state index in [9.17, 15) is 17.8 Å². The molecule has 2 fully saturated rings. The standard InChI is InChI=1S/C14H12.C10H16O4S.C7H8OS/c1-3-7-13(8-4-1)11-12-14-9-5-2-6-10-14;1-9(2)7-3-4-10(9,8(11)5-7)6-15(12,13)14;1-8-6-2-4-7(9)5-3-6/h1-12H;7H,3-6H2,1-2H3,(H,12,13,14);2-5,9H,1H3. The molecule has 0 saturated heterocycles. The first-order chi connectivity index (χ1) is 18.0. The molecule has 0 heterocycles. The monoisotopic (exact) mass is 552 g/mol. The Balaban J connectivity index is 0.000000163. The molecule has 2 unspecified atom stereocenters. The number of rotatable bonds is 5. The molecule has 2 aliphatic carbocycles. The predicted molar refractivity (Wildman–Crippen MR) is 156 cm³/mol. The highest BCUT2D eigenvalue weighted by Gasteiger charge is 2.64. The van der Waals surface area contributed by atoms with Crippen molar-refractivity contribution in [2.75, 3.05) is 12.9 Å². The van der Waals surface area contributed by atoms with Gasteiger partial charge in [-0.1, -0.05) is 86.7 Å². The summed E-state index contributed by atoms with van der Waals surface area (Å²) in [4.78, 5) is 12.9. The molecule has 2 atom stereocenters. The molecule has 0 aromatic heterocycles. The van der Waals surface area contributed by atoms with Crippen LogP contribution in [-0.4, -0.2) is 31.6 Å². The Bertz CT molecular complexity index is 1280. The summed E-state index contributed by atoms with van der Waals surface area (Å²) in [7, 11) is -2.67. The van der Waals surface area contributed by atoms with Crippen molar-refractivity contribution in [3.8, 4) is 5.75 Å². The van der Waals surface area contributed by atoms with Crippen LogP contribution in [0.2, 0.25) is 0 Å². The predicted octanol–water partition coefficient (Wildman–Crippen LogP) is 5.85. The molecule has 2 aliphatic rings. The molecule has 0 N–H and O–H groups in total. The van der Waals surface area contributed by atoms with E-state index in [1.54, 1.807) is 7.11 Å². The van der Waals surface area contributed by atoms with Gasteiger partial charge in [0, 0.05) is 11.8 Å². The lowest BCUT2D eigenvalue weighted by molar-refractivity contribution is -0.128. The smallest absolute Gasteiger partial charge is 0.150 e.